The predicted octanol–water partition coefficient (Wildman–Crippen LogP) is 1.03. The van der Waals surface area contributed by atoms with Crippen molar-refractivity contribution in [3.8, 4) is 11.6 Å². The third-order valence-corrected chi connectivity index (χ3v) is 1.10. The third kappa shape index (κ3) is 0.988. The highest BCUT2D eigenvalue weighted by molar-refractivity contribution is 5.33. The van der Waals surface area contributed by atoms with Crippen molar-refractivity contribution in [2.24, 2.45) is 0 Å². The molecule has 0 aliphatic rings. The Morgan fingerprint density at radius 2 is 2.11 bits per heavy atom. The molecule has 9 heavy (non-hydrogen) atoms. The second kappa shape index (κ2) is 2.44. The van der Waals surface area contributed by atoms with E-state index in [9.17, 15) is 0 Å². The Morgan fingerprint density at radius 1 is 1.33 bits per heavy atom. The average molecular weight is 127 g/mol. The molecule has 1 heterocycles. The summed E-state index contributed by atoms with van der Waals surface area (Å²) in [6.07, 6.45) is 1.76. The smallest absolute Gasteiger partial charge is 0.234 e. The van der Waals surface area contributed by atoms with E-state index in [0.29, 0.717) is 5.88 Å². The minimum Gasteiger partial charge on any atom is -0.491 e. The highest BCUT2D eigenvalue weighted by Gasteiger charge is 1.99. The molecule has 3 nitrogen and oxygen atoms in total. The monoisotopic (exact) mass is 127 g/mol. The zero-order chi connectivity index (χ0) is 6.69. The Kier molecular flexibility index (Phi) is 1.63. The van der Waals surface area contributed by atoms with Crippen molar-refractivity contribution >= 4 is 0 Å². The molecule has 0 unspecified atom stereocenters. The van der Waals surface area contributed by atoms with Gasteiger partial charge in [0.25, 0.3) is 0 Å². The normalized spacial score (nSPS) is 9.11. The van der Waals surface area contributed by atoms with Crippen LogP contribution in [-0.4, -0.2) is 19.2 Å². The fourth-order valence-electron chi connectivity index (χ4n) is 0.660. The largest absolute Gasteiger partial charge is 0.491 e. The van der Waals surface area contributed by atoms with Crippen molar-refractivity contribution in [1.29, 1.82) is 0 Å². The molecule has 3 heteroatoms. The Balaban J connectivity index is 2.85. The topological polar surface area (TPSA) is 34.2 Å². The maximum Gasteiger partial charge on any atom is 0.234 e. The standard InChI is InChI=1S/C6H9NO2/c1-8-5-3-4-7-6(5)9-2/h3-4,7H,1-2H3. The van der Waals surface area contributed by atoms with E-state index in [1.54, 1.807) is 26.5 Å². The molecule has 1 aromatic heterocycles. The summed E-state index contributed by atoms with van der Waals surface area (Å²) in [6, 6.07) is 1.80. The van der Waals surface area contributed by atoms with Gasteiger partial charge >= 0.3 is 0 Å². The number of H-pyrrole nitrogens is 1. The molecular weight excluding hydrogens is 118 g/mol. The number of nitrogens with one attached hydrogen (secondary N) is 1. The van der Waals surface area contributed by atoms with E-state index in [4.69, 9.17) is 9.47 Å². The summed E-state index contributed by atoms with van der Waals surface area (Å²) in [4.78, 5) is 2.86. The molecule has 0 aliphatic heterocycles. The molecule has 1 rings (SSSR count). The number of rotatable bonds is 2. The molecule has 0 bridgehead atoms. The number of hydrogen-bond acceptors (Lipinski definition) is 2. The SMILES string of the molecule is COc1cc[nH]c1OC. The lowest BCUT2D eigenvalue weighted by atomic mass is 10.6. The first-order valence-corrected chi connectivity index (χ1v) is 2.64. The van der Waals surface area contributed by atoms with Crippen LogP contribution in [0, 0.1) is 0 Å². The Hall–Kier alpha value is -1.12. The van der Waals surface area contributed by atoms with Crippen LogP contribution in [0.5, 0.6) is 11.6 Å². The summed E-state index contributed by atoms with van der Waals surface area (Å²) in [5.74, 6) is 1.40. The summed E-state index contributed by atoms with van der Waals surface area (Å²) in [7, 11) is 3.19. The Morgan fingerprint density at radius 3 is 2.56 bits per heavy atom. The molecule has 1 N–H and O–H groups in total. The molecular formula is C6H9NO2. The lowest BCUT2D eigenvalue weighted by Crippen LogP contribution is -1.86. The molecule has 0 saturated heterocycles. The van der Waals surface area contributed by atoms with Gasteiger partial charge in [-0.15, -0.1) is 0 Å². The van der Waals surface area contributed by atoms with Crippen LogP contribution in [-0.2, 0) is 0 Å². The predicted molar refractivity (Wildman–Crippen MR) is 33.9 cm³/mol. The molecule has 0 radical (unpaired) electrons. The first-order chi connectivity index (χ1) is 4.38. The van der Waals surface area contributed by atoms with Gasteiger partial charge in [-0.2, -0.15) is 0 Å². The van der Waals surface area contributed by atoms with Crippen LogP contribution in [0.3, 0.4) is 0 Å². The third-order valence-electron chi connectivity index (χ3n) is 1.10. The highest BCUT2D eigenvalue weighted by atomic mass is 16.5. The van der Waals surface area contributed by atoms with Crippen LogP contribution in [0.25, 0.3) is 0 Å². The van der Waals surface area contributed by atoms with Crippen LogP contribution in [0.4, 0.5) is 0 Å². The first kappa shape index (κ1) is 6.01. The fourth-order valence-corrected chi connectivity index (χ4v) is 0.660. The highest BCUT2D eigenvalue weighted by Crippen LogP contribution is 2.22. The zero-order valence-electron chi connectivity index (χ0n) is 5.47. The van der Waals surface area contributed by atoms with Crippen LogP contribution in [0.1, 0.15) is 0 Å². The second-order valence-corrected chi connectivity index (χ2v) is 1.58. The van der Waals surface area contributed by atoms with Gasteiger partial charge < -0.3 is 14.5 Å². The van der Waals surface area contributed by atoms with Gasteiger partial charge in [0.05, 0.1) is 14.2 Å². The maximum absolute atomic E-state index is 4.92. The number of ether oxygens (including phenoxy) is 2. The van der Waals surface area contributed by atoms with Crippen molar-refractivity contribution in [3.05, 3.63) is 12.3 Å². The van der Waals surface area contributed by atoms with Crippen LogP contribution < -0.4 is 9.47 Å². The molecule has 0 amide bonds. The number of aromatic amines is 1. The van der Waals surface area contributed by atoms with Gasteiger partial charge in [0, 0.05) is 12.3 Å². The van der Waals surface area contributed by atoms with Crippen molar-refractivity contribution in [2.75, 3.05) is 14.2 Å². The summed E-state index contributed by atoms with van der Waals surface area (Å²) in [5.41, 5.74) is 0. The van der Waals surface area contributed by atoms with Gasteiger partial charge in [-0.1, -0.05) is 0 Å². The van der Waals surface area contributed by atoms with E-state index < -0.39 is 0 Å². The van der Waals surface area contributed by atoms with Crippen molar-refractivity contribution in [1.82, 2.24) is 4.98 Å². The molecule has 0 atom stereocenters. The lowest BCUT2D eigenvalue weighted by molar-refractivity contribution is 0.348. The van der Waals surface area contributed by atoms with Crippen molar-refractivity contribution in [3.63, 3.8) is 0 Å². The second-order valence-electron chi connectivity index (χ2n) is 1.58. The van der Waals surface area contributed by atoms with E-state index in [-0.39, 0.29) is 0 Å². The lowest BCUT2D eigenvalue weighted by Gasteiger charge is -1.98. The van der Waals surface area contributed by atoms with Crippen LogP contribution >= 0.6 is 0 Å². The summed E-state index contributed by atoms with van der Waals surface area (Å²) >= 11 is 0. The number of aromatic nitrogens is 1. The summed E-state index contributed by atoms with van der Waals surface area (Å²) in [6.45, 7) is 0. The van der Waals surface area contributed by atoms with E-state index in [1.807, 2.05) is 0 Å². The van der Waals surface area contributed by atoms with Gasteiger partial charge in [0.1, 0.15) is 0 Å². The van der Waals surface area contributed by atoms with Crippen molar-refractivity contribution in [2.45, 2.75) is 0 Å². The summed E-state index contributed by atoms with van der Waals surface area (Å²) in [5, 5.41) is 0. The molecule has 0 aliphatic carbocycles. The van der Waals surface area contributed by atoms with E-state index in [1.165, 1.54) is 0 Å². The van der Waals surface area contributed by atoms with E-state index in [2.05, 4.69) is 4.98 Å². The van der Waals surface area contributed by atoms with Gasteiger partial charge in [-0.3, -0.25) is 0 Å². The van der Waals surface area contributed by atoms with Gasteiger partial charge in [-0.05, 0) is 0 Å². The van der Waals surface area contributed by atoms with E-state index in [0.717, 1.165) is 5.75 Å². The van der Waals surface area contributed by atoms with Crippen LogP contribution in [0.2, 0.25) is 0 Å². The summed E-state index contributed by atoms with van der Waals surface area (Å²) < 4.78 is 9.82. The fraction of sp³-hybridized carbons (Fsp3) is 0.333. The molecule has 0 spiro atoms. The molecule has 0 saturated carbocycles. The minimum atomic E-state index is 0.664. The van der Waals surface area contributed by atoms with Crippen LogP contribution in [0.15, 0.2) is 12.3 Å². The van der Waals surface area contributed by atoms with Gasteiger partial charge in [0.2, 0.25) is 5.88 Å². The molecule has 0 fully saturated rings. The Labute approximate surface area is 53.6 Å². The van der Waals surface area contributed by atoms with Crippen molar-refractivity contribution < 1.29 is 9.47 Å². The first-order valence-electron chi connectivity index (χ1n) is 2.64. The minimum absolute atomic E-state index is 0.664. The average Bonchev–Trinajstić information content (AvgIpc) is 2.33. The van der Waals surface area contributed by atoms with Gasteiger partial charge in [0.15, 0.2) is 5.75 Å². The molecule has 1 aromatic rings. The Bertz CT molecular complexity index is 164. The number of hydrogen-bond donors (Lipinski definition) is 1. The number of methoxy groups -OCH3 is 2. The molecule has 0 aromatic carbocycles. The van der Waals surface area contributed by atoms with Gasteiger partial charge in [-0.25, -0.2) is 0 Å². The quantitative estimate of drug-likeness (QED) is 0.643. The maximum atomic E-state index is 4.92. The van der Waals surface area contributed by atoms with E-state index >= 15 is 0 Å². The molecule has 50 valence electrons. The zero-order valence-corrected chi connectivity index (χ0v) is 5.47.